The summed E-state index contributed by atoms with van der Waals surface area (Å²) in [5.74, 6) is 0.641. The van der Waals surface area contributed by atoms with Gasteiger partial charge in [0.25, 0.3) is 0 Å². The van der Waals surface area contributed by atoms with Gasteiger partial charge in [0.15, 0.2) is 0 Å². The molecule has 1 aromatic rings. The molecule has 14 heavy (non-hydrogen) atoms. The summed E-state index contributed by atoms with van der Waals surface area (Å²) in [6.07, 6.45) is 5.15. The first kappa shape index (κ1) is 9.66. The second-order valence-corrected chi connectivity index (χ2v) is 4.21. The van der Waals surface area contributed by atoms with E-state index in [4.69, 9.17) is 5.73 Å². The molecule has 2 atom stereocenters. The molecule has 0 amide bonds. The molecule has 0 spiro atoms. The van der Waals surface area contributed by atoms with E-state index in [1.165, 1.54) is 5.56 Å². The Morgan fingerprint density at radius 3 is 2.93 bits per heavy atom. The van der Waals surface area contributed by atoms with Crippen molar-refractivity contribution in [3.05, 3.63) is 29.6 Å². The van der Waals surface area contributed by atoms with Gasteiger partial charge < -0.3 is 5.73 Å². The predicted octanol–water partition coefficient (Wildman–Crippen LogP) is 2.23. The number of nitrogens with zero attached hydrogens (tertiary/aromatic N) is 1. The van der Waals surface area contributed by atoms with Crippen molar-refractivity contribution in [3.8, 4) is 0 Å². The monoisotopic (exact) mass is 190 g/mol. The molecule has 0 radical (unpaired) electrons. The van der Waals surface area contributed by atoms with E-state index < -0.39 is 0 Å². The van der Waals surface area contributed by atoms with Gasteiger partial charge in [0.2, 0.25) is 0 Å². The minimum Gasteiger partial charge on any atom is -0.320 e. The van der Waals surface area contributed by atoms with Crippen molar-refractivity contribution in [1.29, 1.82) is 0 Å². The standard InChI is InChI=1S/C12H18N2/c1-3-9-6-5-7-14-11(9)12(13)8-10(12)4-2/h5-7,10H,3-4,8,13H2,1-2H3. The van der Waals surface area contributed by atoms with Crippen LogP contribution in [0.3, 0.4) is 0 Å². The Balaban J connectivity index is 2.33. The summed E-state index contributed by atoms with van der Waals surface area (Å²) in [7, 11) is 0. The lowest BCUT2D eigenvalue weighted by Crippen LogP contribution is -2.25. The number of pyridine rings is 1. The molecule has 1 fully saturated rings. The first-order chi connectivity index (χ1) is 6.72. The van der Waals surface area contributed by atoms with Crippen LogP contribution < -0.4 is 5.73 Å². The van der Waals surface area contributed by atoms with Crippen molar-refractivity contribution in [2.45, 2.75) is 38.6 Å². The van der Waals surface area contributed by atoms with Crippen molar-refractivity contribution in [3.63, 3.8) is 0 Å². The van der Waals surface area contributed by atoms with Crippen LogP contribution in [0.5, 0.6) is 0 Å². The molecule has 2 heteroatoms. The highest BCUT2D eigenvalue weighted by Crippen LogP contribution is 2.51. The maximum atomic E-state index is 6.34. The lowest BCUT2D eigenvalue weighted by Gasteiger charge is -2.14. The Morgan fingerprint density at radius 2 is 2.36 bits per heavy atom. The number of hydrogen-bond donors (Lipinski definition) is 1. The summed E-state index contributed by atoms with van der Waals surface area (Å²) in [6, 6.07) is 4.14. The van der Waals surface area contributed by atoms with Crippen LogP contribution in [0.25, 0.3) is 0 Å². The van der Waals surface area contributed by atoms with Gasteiger partial charge in [-0.3, -0.25) is 4.98 Å². The van der Waals surface area contributed by atoms with E-state index >= 15 is 0 Å². The minimum absolute atomic E-state index is 0.110. The Kier molecular flexibility index (Phi) is 2.31. The molecule has 1 aromatic heterocycles. The summed E-state index contributed by atoms with van der Waals surface area (Å²) >= 11 is 0. The summed E-state index contributed by atoms with van der Waals surface area (Å²) < 4.78 is 0. The number of hydrogen-bond acceptors (Lipinski definition) is 2. The zero-order valence-electron chi connectivity index (χ0n) is 8.96. The Bertz CT molecular complexity index is 335. The lowest BCUT2D eigenvalue weighted by atomic mass is 10.0. The van der Waals surface area contributed by atoms with Crippen molar-refractivity contribution >= 4 is 0 Å². The molecule has 0 aromatic carbocycles. The summed E-state index contributed by atoms with van der Waals surface area (Å²) in [5.41, 5.74) is 8.67. The van der Waals surface area contributed by atoms with Gasteiger partial charge in [-0.2, -0.15) is 0 Å². The predicted molar refractivity (Wildman–Crippen MR) is 57.9 cm³/mol. The quantitative estimate of drug-likeness (QED) is 0.793. The third-order valence-corrected chi connectivity index (χ3v) is 3.36. The second-order valence-electron chi connectivity index (χ2n) is 4.21. The van der Waals surface area contributed by atoms with E-state index in [-0.39, 0.29) is 5.54 Å². The summed E-state index contributed by atoms with van der Waals surface area (Å²) in [4.78, 5) is 4.46. The zero-order chi connectivity index (χ0) is 10.2. The Hall–Kier alpha value is -0.890. The average Bonchev–Trinajstić information content (AvgIpc) is 2.91. The first-order valence-corrected chi connectivity index (χ1v) is 5.45. The van der Waals surface area contributed by atoms with Gasteiger partial charge in [-0.1, -0.05) is 26.3 Å². The van der Waals surface area contributed by atoms with Crippen LogP contribution in [0.1, 0.15) is 37.9 Å². The normalized spacial score (nSPS) is 30.4. The minimum atomic E-state index is -0.110. The lowest BCUT2D eigenvalue weighted by molar-refractivity contribution is 0.592. The number of aromatic nitrogens is 1. The Morgan fingerprint density at radius 1 is 1.57 bits per heavy atom. The fraction of sp³-hybridized carbons (Fsp3) is 0.583. The molecule has 2 unspecified atom stereocenters. The van der Waals surface area contributed by atoms with E-state index in [9.17, 15) is 0 Å². The van der Waals surface area contributed by atoms with Crippen molar-refractivity contribution in [2.75, 3.05) is 0 Å². The highest BCUT2D eigenvalue weighted by Gasteiger charge is 2.52. The van der Waals surface area contributed by atoms with Crippen molar-refractivity contribution in [2.24, 2.45) is 11.7 Å². The van der Waals surface area contributed by atoms with Gasteiger partial charge in [0, 0.05) is 6.20 Å². The third kappa shape index (κ3) is 1.34. The van der Waals surface area contributed by atoms with Crippen LogP contribution in [0.4, 0.5) is 0 Å². The van der Waals surface area contributed by atoms with Gasteiger partial charge in [0.1, 0.15) is 0 Å². The van der Waals surface area contributed by atoms with Crippen LogP contribution in [0, 0.1) is 5.92 Å². The molecule has 1 aliphatic rings. The van der Waals surface area contributed by atoms with Crippen molar-refractivity contribution in [1.82, 2.24) is 4.98 Å². The highest BCUT2D eigenvalue weighted by atomic mass is 14.9. The van der Waals surface area contributed by atoms with Gasteiger partial charge in [-0.25, -0.2) is 0 Å². The van der Waals surface area contributed by atoms with E-state index in [0.29, 0.717) is 5.92 Å². The van der Waals surface area contributed by atoms with Crippen LogP contribution >= 0.6 is 0 Å². The maximum absolute atomic E-state index is 6.34. The molecular weight excluding hydrogens is 172 g/mol. The fourth-order valence-corrected chi connectivity index (χ4v) is 2.29. The second kappa shape index (κ2) is 3.35. The maximum Gasteiger partial charge on any atom is 0.0637 e. The van der Waals surface area contributed by atoms with E-state index in [2.05, 4.69) is 24.9 Å². The first-order valence-electron chi connectivity index (χ1n) is 5.45. The topological polar surface area (TPSA) is 38.9 Å². The van der Waals surface area contributed by atoms with Gasteiger partial charge in [-0.05, 0) is 30.4 Å². The van der Waals surface area contributed by atoms with Gasteiger partial charge >= 0.3 is 0 Å². The van der Waals surface area contributed by atoms with Gasteiger partial charge in [-0.15, -0.1) is 0 Å². The molecule has 76 valence electrons. The van der Waals surface area contributed by atoms with Crippen LogP contribution in [0.15, 0.2) is 18.3 Å². The SMILES string of the molecule is CCc1cccnc1C1(N)CC1CC. The summed E-state index contributed by atoms with van der Waals surface area (Å²) in [5, 5.41) is 0. The van der Waals surface area contributed by atoms with Crippen LogP contribution in [0.2, 0.25) is 0 Å². The molecule has 2 N–H and O–H groups in total. The molecule has 1 aliphatic carbocycles. The molecule has 1 heterocycles. The van der Waals surface area contributed by atoms with E-state index in [1.807, 2.05) is 12.3 Å². The number of nitrogens with two attached hydrogens (primary N) is 1. The number of aryl methyl sites for hydroxylation is 1. The summed E-state index contributed by atoms with van der Waals surface area (Å²) in [6.45, 7) is 4.36. The third-order valence-electron chi connectivity index (χ3n) is 3.36. The fourth-order valence-electron chi connectivity index (χ4n) is 2.29. The Labute approximate surface area is 85.5 Å². The average molecular weight is 190 g/mol. The molecular formula is C12H18N2. The van der Waals surface area contributed by atoms with Crippen molar-refractivity contribution < 1.29 is 0 Å². The number of rotatable bonds is 3. The highest BCUT2D eigenvalue weighted by molar-refractivity contribution is 5.33. The molecule has 2 nitrogen and oxygen atoms in total. The van der Waals surface area contributed by atoms with Crippen LogP contribution in [-0.2, 0) is 12.0 Å². The van der Waals surface area contributed by atoms with E-state index in [1.54, 1.807) is 0 Å². The molecule has 0 saturated heterocycles. The molecule has 0 bridgehead atoms. The zero-order valence-corrected chi connectivity index (χ0v) is 8.96. The molecule has 0 aliphatic heterocycles. The molecule has 1 saturated carbocycles. The van der Waals surface area contributed by atoms with Gasteiger partial charge in [0.05, 0.1) is 11.2 Å². The molecule has 2 rings (SSSR count). The van der Waals surface area contributed by atoms with E-state index in [0.717, 1.165) is 25.0 Å². The van der Waals surface area contributed by atoms with Crippen LogP contribution in [-0.4, -0.2) is 4.98 Å². The largest absolute Gasteiger partial charge is 0.320 e. The smallest absolute Gasteiger partial charge is 0.0637 e.